The second kappa shape index (κ2) is 13.3. The molecule has 11 heavy (non-hydrogen) atoms. The summed E-state index contributed by atoms with van der Waals surface area (Å²) in [5, 5.41) is 0. The summed E-state index contributed by atoms with van der Waals surface area (Å²) in [6.45, 7) is 0. The third-order valence-electron chi connectivity index (χ3n) is 1.33. The fraction of sp³-hybridized carbons (Fsp3) is 0.500. The Hall–Kier alpha value is 0.683. The van der Waals surface area contributed by atoms with Crippen molar-refractivity contribution in [1.29, 1.82) is 0 Å². The Morgan fingerprint density at radius 3 is 0.909 bits per heavy atom. The van der Waals surface area contributed by atoms with Crippen LogP contribution in [0.5, 0.6) is 0 Å². The van der Waals surface area contributed by atoms with E-state index in [1.54, 1.807) is 0 Å². The van der Waals surface area contributed by atoms with E-state index in [1.807, 2.05) is 0 Å². The first-order chi connectivity index (χ1) is 4.00. The van der Waals surface area contributed by atoms with Crippen LogP contribution in [0.4, 0.5) is 0 Å². The van der Waals surface area contributed by atoms with Crippen molar-refractivity contribution >= 4 is 24.8 Å². The molecule has 0 spiro atoms. The fourth-order valence-corrected chi connectivity index (χ4v) is 0.856. The molecule has 1 rings (SSSR count). The van der Waals surface area contributed by atoms with Crippen molar-refractivity contribution in [2.75, 3.05) is 0 Å². The smallest absolute Gasteiger partial charge is 0 e. The molecule has 0 nitrogen and oxygen atoms in total. The Labute approximate surface area is 94.1 Å². The molecule has 0 aromatic heterocycles. The van der Waals surface area contributed by atoms with Crippen LogP contribution in [0.3, 0.4) is 0 Å². The molecule has 0 aliphatic heterocycles. The molecule has 0 heterocycles. The van der Waals surface area contributed by atoms with Crippen molar-refractivity contribution < 1.29 is 19.5 Å². The van der Waals surface area contributed by atoms with Gasteiger partial charge in [0.15, 0.2) is 0 Å². The second-order valence-corrected chi connectivity index (χ2v) is 2.10. The molecule has 0 amide bonds. The van der Waals surface area contributed by atoms with Gasteiger partial charge < -0.3 is 0 Å². The first kappa shape index (κ1) is 17.7. The van der Waals surface area contributed by atoms with E-state index in [-0.39, 0.29) is 44.3 Å². The zero-order valence-electron chi connectivity index (χ0n) is 6.31. The van der Waals surface area contributed by atoms with Gasteiger partial charge in [0, 0.05) is 19.5 Å². The molecule has 68 valence electrons. The summed E-state index contributed by atoms with van der Waals surface area (Å²) in [7, 11) is 0. The van der Waals surface area contributed by atoms with Gasteiger partial charge in [-0.05, 0) is 25.7 Å². The van der Waals surface area contributed by atoms with E-state index in [0.717, 1.165) is 0 Å². The van der Waals surface area contributed by atoms with E-state index >= 15 is 0 Å². The molecule has 0 N–H and O–H groups in total. The zero-order chi connectivity index (χ0) is 5.66. The molecule has 1 aliphatic rings. The molecule has 0 aromatic carbocycles. The Kier molecular flexibility index (Phi) is 21.4. The Bertz CT molecular complexity index is 84.7. The monoisotopic (exact) mass is 282 g/mol. The van der Waals surface area contributed by atoms with Crippen LogP contribution in [0.25, 0.3) is 0 Å². The van der Waals surface area contributed by atoms with E-state index in [1.165, 1.54) is 25.7 Å². The maximum Gasteiger partial charge on any atom is 0 e. The van der Waals surface area contributed by atoms with Gasteiger partial charge in [-0.15, -0.1) is 24.8 Å². The van der Waals surface area contributed by atoms with E-state index in [2.05, 4.69) is 24.3 Å². The largest absolute Gasteiger partial charge is 0.147 e. The van der Waals surface area contributed by atoms with Gasteiger partial charge in [0.25, 0.3) is 0 Å². The van der Waals surface area contributed by atoms with Crippen LogP contribution >= 0.6 is 24.8 Å². The molecule has 0 saturated heterocycles. The average Bonchev–Trinajstić information content (AvgIpc) is 1.62. The van der Waals surface area contributed by atoms with Crippen LogP contribution in [0.2, 0.25) is 0 Å². The summed E-state index contributed by atoms with van der Waals surface area (Å²) >= 11 is 0. The van der Waals surface area contributed by atoms with E-state index in [9.17, 15) is 0 Å². The van der Waals surface area contributed by atoms with E-state index < -0.39 is 0 Å². The number of hydrogen-bond acceptors (Lipinski definition) is 0. The van der Waals surface area contributed by atoms with Crippen molar-refractivity contribution in [3.05, 3.63) is 24.3 Å². The summed E-state index contributed by atoms with van der Waals surface area (Å²) in [5.74, 6) is 0. The quantitative estimate of drug-likeness (QED) is 0.471. The SMILES string of the molecule is C1=C\CC/C=C\CC/1.Cl.Cl.[Ru]. The molecular weight excluding hydrogens is 268 g/mol. The van der Waals surface area contributed by atoms with Crippen LogP contribution < -0.4 is 0 Å². The van der Waals surface area contributed by atoms with Gasteiger partial charge >= 0.3 is 0 Å². The van der Waals surface area contributed by atoms with Crippen molar-refractivity contribution in [3.63, 3.8) is 0 Å². The van der Waals surface area contributed by atoms with Crippen molar-refractivity contribution in [1.82, 2.24) is 0 Å². The maximum atomic E-state index is 2.27. The molecule has 0 radical (unpaired) electrons. The predicted octanol–water partition coefficient (Wildman–Crippen LogP) is 3.51. The average molecular weight is 282 g/mol. The summed E-state index contributed by atoms with van der Waals surface area (Å²) in [6.07, 6.45) is 14.0. The normalized spacial score (nSPS) is 20.4. The summed E-state index contributed by atoms with van der Waals surface area (Å²) < 4.78 is 0. The fourth-order valence-electron chi connectivity index (χ4n) is 0.856. The molecule has 0 aromatic rings. The molecule has 0 saturated carbocycles. The minimum atomic E-state index is 0. The van der Waals surface area contributed by atoms with Crippen molar-refractivity contribution in [3.8, 4) is 0 Å². The Balaban J connectivity index is -0.000000213. The third kappa shape index (κ3) is 10.7. The summed E-state index contributed by atoms with van der Waals surface area (Å²) in [4.78, 5) is 0. The van der Waals surface area contributed by atoms with Gasteiger partial charge in [0.2, 0.25) is 0 Å². The van der Waals surface area contributed by atoms with Gasteiger partial charge in [0.05, 0.1) is 0 Å². The van der Waals surface area contributed by atoms with Crippen LogP contribution in [-0.4, -0.2) is 0 Å². The molecule has 0 atom stereocenters. The Morgan fingerprint density at radius 2 is 0.727 bits per heavy atom. The molecule has 3 heteroatoms. The summed E-state index contributed by atoms with van der Waals surface area (Å²) in [5.41, 5.74) is 0. The standard InChI is InChI=1S/C8H12.2ClH.Ru/c1-2-4-6-8-7-5-3-1;;;/h1-2,7-8H,3-6H2;2*1H;/b2-1-,8-7-;;;. The molecule has 0 fully saturated rings. The van der Waals surface area contributed by atoms with Crippen molar-refractivity contribution in [2.45, 2.75) is 25.7 Å². The topological polar surface area (TPSA) is 0 Å². The molecule has 1 aliphatic carbocycles. The number of allylic oxidation sites excluding steroid dienone is 4. The van der Waals surface area contributed by atoms with Gasteiger partial charge in [0.1, 0.15) is 0 Å². The van der Waals surface area contributed by atoms with Gasteiger partial charge in [-0.2, -0.15) is 0 Å². The number of hydrogen-bond donors (Lipinski definition) is 0. The first-order valence-electron chi connectivity index (χ1n) is 3.30. The predicted molar refractivity (Wildman–Crippen MR) is 51.2 cm³/mol. The zero-order valence-corrected chi connectivity index (χ0v) is 9.68. The van der Waals surface area contributed by atoms with Crippen LogP contribution in [0.15, 0.2) is 24.3 Å². The van der Waals surface area contributed by atoms with Gasteiger partial charge in [-0.1, -0.05) is 24.3 Å². The third-order valence-corrected chi connectivity index (χ3v) is 1.33. The first-order valence-corrected chi connectivity index (χ1v) is 3.30. The minimum absolute atomic E-state index is 0. The van der Waals surface area contributed by atoms with E-state index in [0.29, 0.717) is 0 Å². The van der Waals surface area contributed by atoms with Crippen LogP contribution in [0.1, 0.15) is 25.7 Å². The Morgan fingerprint density at radius 1 is 0.545 bits per heavy atom. The molecule has 0 unspecified atom stereocenters. The maximum absolute atomic E-state index is 2.27. The minimum Gasteiger partial charge on any atom is -0.147 e. The van der Waals surface area contributed by atoms with Gasteiger partial charge in [-0.3, -0.25) is 0 Å². The van der Waals surface area contributed by atoms with Crippen molar-refractivity contribution in [2.24, 2.45) is 0 Å². The van der Waals surface area contributed by atoms with Crippen LogP contribution in [0, 0.1) is 0 Å². The number of halogens is 2. The van der Waals surface area contributed by atoms with Crippen LogP contribution in [-0.2, 0) is 19.5 Å². The summed E-state index contributed by atoms with van der Waals surface area (Å²) in [6, 6.07) is 0. The molecular formula is C8H14Cl2Ru. The number of rotatable bonds is 0. The van der Waals surface area contributed by atoms with Gasteiger partial charge in [-0.25, -0.2) is 0 Å². The molecule has 0 bridgehead atoms. The second-order valence-electron chi connectivity index (χ2n) is 2.10. The van der Waals surface area contributed by atoms with E-state index in [4.69, 9.17) is 0 Å².